The molecule has 2 saturated heterocycles. The lowest BCUT2D eigenvalue weighted by Crippen LogP contribution is -2.48. The maximum absolute atomic E-state index is 13.0. The van der Waals surface area contributed by atoms with Crippen LogP contribution in [0.5, 0.6) is 0 Å². The van der Waals surface area contributed by atoms with Crippen molar-refractivity contribution >= 4 is 29.1 Å². The molecule has 3 rings (SSSR count). The minimum Gasteiger partial charge on any atom is -0.372 e. The van der Waals surface area contributed by atoms with E-state index in [2.05, 4.69) is 0 Å². The summed E-state index contributed by atoms with van der Waals surface area (Å²) in [5.74, 6) is -0.0246. The predicted octanol–water partition coefficient (Wildman–Crippen LogP) is 2.72. The van der Waals surface area contributed by atoms with Gasteiger partial charge in [0.25, 0.3) is 5.91 Å². The van der Waals surface area contributed by atoms with Gasteiger partial charge in [0.1, 0.15) is 0 Å². The van der Waals surface area contributed by atoms with E-state index in [1.807, 2.05) is 13.8 Å². The third kappa shape index (κ3) is 3.35. The number of halogens is 1. The van der Waals surface area contributed by atoms with Crippen LogP contribution in [0.1, 0.15) is 37.0 Å². The Balaban J connectivity index is 1.92. The zero-order chi connectivity index (χ0) is 16.6. The van der Waals surface area contributed by atoms with Crippen molar-refractivity contribution in [3.8, 4) is 0 Å². The molecular weight excluding hydrogens is 316 g/mol. The third-order valence-electron chi connectivity index (χ3n) is 4.26. The van der Waals surface area contributed by atoms with Gasteiger partial charge in [0.2, 0.25) is 5.91 Å². The van der Waals surface area contributed by atoms with E-state index in [0.29, 0.717) is 42.3 Å². The topological polar surface area (TPSA) is 49.9 Å². The molecule has 6 heteroatoms. The van der Waals surface area contributed by atoms with Crippen LogP contribution >= 0.6 is 11.6 Å². The van der Waals surface area contributed by atoms with Crippen molar-refractivity contribution < 1.29 is 14.3 Å². The van der Waals surface area contributed by atoms with Crippen molar-refractivity contribution in [1.29, 1.82) is 0 Å². The number of ether oxygens (including phenoxy) is 1. The Morgan fingerprint density at radius 3 is 2.57 bits per heavy atom. The molecule has 1 aromatic rings. The number of nitrogens with zero attached hydrogens (tertiary/aromatic N) is 2. The molecule has 2 atom stereocenters. The van der Waals surface area contributed by atoms with Gasteiger partial charge in [-0.15, -0.1) is 0 Å². The van der Waals surface area contributed by atoms with Gasteiger partial charge in [0.05, 0.1) is 23.5 Å². The third-order valence-corrected chi connectivity index (χ3v) is 4.50. The Morgan fingerprint density at radius 2 is 1.96 bits per heavy atom. The molecule has 2 heterocycles. The molecule has 5 nitrogen and oxygen atoms in total. The number of carbonyl (C=O) groups is 2. The van der Waals surface area contributed by atoms with E-state index in [0.717, 1.165) is 6.42 Å². The van der Waals surface area contributed by atoms with Crippen molar-refractivity contribution in [2.24, 2.45) is 0 Å². The van der Waals surface area contributed by atoms with E-state index < -0.39 is 0 Å². The molecule has 0 spiro atoms. The van der Waals surface area contributed by atoms with E-state index in [4.69, 9.17) is 16.3 Å². The highest BCUT2D eigenvalue weighted by Crippen LogP contribution is 2.30. The molecule has 2 aliphatic heterocycles. The van der Waals surface area contributed by atoms with Crippen LogP contribution in [0, 0.1) is 0 Å². The van der Waals surface area contributed by atoms with Gasteiger partial charge < -0.3 is 14.5 Å². The van der Waals surface area contributed by atoms with Crippen molar-refractivity contribution in [2.75, 3.05) is 24.5 Å². The van der Waals surface area contributed by atoms with E-state index in [1.54, 1.807) is 28.0 Å². The molecule has 2 unspecified atom stereocenters. The van der Waals surface area contributed by atoms with Crippen LogP contribution in [-0.2, 0) is 9.53 Å². The van der Waals surface area contributed by atoms with Gasteiger partial charge in [-0.1, -0.05) is 11.6 Å². The maximum atomic E-state index is 13.0. The number of anilines is 1. The second kappa shape index (κ2) is 6.49. The first-order valence-electron chi connectivity index (χ1n) is 8.00. The fraction of sp³-hybridized carbons (Fsp3) is 0.529. The summed E-state index contributed by atoms with van der Waals surface area (Å²) in [5, 5.41) is 0.528. The van der Waals surface area contributed by atoms with Crippen molar-refractivity contribution in [1.82, 2.24) is 4.90 Å². The largest absolute Gasteiger partial charge is 0.372 e. The van der Waals surface area contributed by atoms with Gasteiger partial charge in [-0.2, -0.15) is 0 Å². The number of carbonyl (C=O) groups excluding carboxylic acids is 2. The zero-order valence-electron chi connectivity index (χ0n) is 13.4. The van der Waals surface area contributed by atoms with E-state index in [1.165, 1.54) is 0 Å². The number of hydrogen-bond acceptors (Lipinski definition) is 3. The standard InChI is InChI=1S/C17H21ClN2O3/c1-11-9-19(10-12(2)23-11)17(22)14-6-5-13(18)8-15(14)20-7-3-4-16(20)21/h5-6,8,11-12H,3-4,7,9-10H2,1-2H3. The summed E-state index contributed by atoms with van der Waals surface area (Å²) in [4.78, 5) is 28.5. The summed E-state index contributed by atoms with van der Waals surface area (Å²) < 4.78 is 5.69. The summed E-state index contributed by atoms with van der Waals surface area (Å²) >= 11 is 6.10. The van der Waals surface area contributed by atoms with E-state index >= 15 is 0 Å². The van der Waals surface area contributed by atoms with Crippen LogP contribution in [0.4, 0.5) is 5.69 Å². The molecule has 2 aliphatic rings. The number of morpholine rings is 1. The average Bonchev–Trinajstić information content (AvgIpc) is 2.91. The van der Waals surface area contributed by atoms with Gasteiger partial charge in [0, 0.05) is 31.1 Å². The van der Waals surface area contributed by atoms with Gasteiger partial charge in [-0.05, 0) is 38.5 Å². The normalized spacial score (nSPS) is 25.1. The SMILES string of the molecule is CC1CN(C(=O)c2ccc(Cl)cc2N2CCCC2=O)CC(C)O1. The van der Waals surface area contributed by atoms with Crippen LogP contribution in [0.2, 0.25) is 5.02 Å². The number of hydrogen-bond donors (Lipinski definition) is 0. The molecule has 0 N–H and O–H groups in total. The Labute approximate surface area is 141 Å². The quantitative estimate of drug-likeness (QED) is 0.834. The van der Waals surface area contributed by atoms with Crippen LogP contribution in [0.25, 0.3) is 0 Å². The van der Waals surface area contributed by atoms with Gasteiger partial charge in [-0.25, -0.2) is 0 Å². The van der Waals surface area contributed by atoms with Gasteiger partial charge >= 0.3 is 0 Å². The monoisotopic (exact) mass is 336 g/mol. The summed E-state index contributed by atoms with van der Waals surface area (Å²) in [5.41, 5.74) is 1.16. The highest BCUT2D eigenvalue weighted by atomic mass is 35.5. The van der Waals surface area contributed by atoms with Crippen LogP contribution < -0.4 is 4.90 Å². The lowest BCUT2D eigenvalue weighted by molar-refractivity contribution is -0.117. The minimum atomic E-state index is -0.0710. The van der Waals surface area contributed by atoms with Crippen LogP contribution in [0.15, 0.2) is 18.2 Å². The van der Waals surface area contributed by atoms with Crippen molar-refractivity contribution in [3.05, 3.63) is 28.8 Å². The molecule has 0 aliphatic carbocycles. The molecule has 124 valence electrons. The van der Waals surface area contributed by atoms with Gasteiger partial charge in [-0.3, -0.25) is 9.59 Å². The molecule has 0 radical (unpaired) electrons. The van der Waals surface area contributed by atoms with E-state index in [9.17, 15) is 9.59 Å². The lowest BCUT2D eigenvalue weighted by Gasteiger charge is -2.36. The summed E-state index contributed by atoms with van der Waals surface area (Å²) in [6.07, 6.45) is 1.34. The fourth-order valence-corrected chi connectivity index (χ4v) is 3.49. The minimum absolute atomic E-state index is 0.00636. The molecule has 2 amide bonds. The van der Waals surface area contributed by atoms with Crippen LogP contribution in [0.3, 0.4) is 0 Å². The number of rotatable bonds is 2. The zero-order valence-corrected chi connectivity index (χ0v) is 14.2. The second-order valence-electron chi connectivity index (χ2n) is 6.28. The molecule has 1 aromatic carbocycles. The smallest absolute Gasteiger partial charge is 0.256 e. The summed E-state index contributed by atoms with van der Waals surface area (Å²) in [6, 6.07) is 5.13. The Bertz CT molecular complexity index is 624. The molecule has 0 aromatic heterocycles. The van der Waals surface area contributed by atoms with Crippen LogP contribution in [-0.4, -0.2) is 48.6 Å². The average molecular weight is 337 g/mol. The van der Waals surface area contributed by atoms with Crippen molar-refractivity contribution in [3.63, 3.8) is 0 Å². The lowest BCUT2D eigenvalue weighted by atomic mass is 10.1. The van der Waals surface area contributed by atoms with Gasteiger partial charge in [0.15, 0.2) is 0 Å². The first-order valence-corrected chi connectivity index (χ1v) is 8.38. The summed E-state index contributed by atoms with van der Waals surface area (Å²) in [6.45, 7) is 5.67. The van der Waals surface area contributed by atoms with Crippen molar-refractivity contribution in [2.45, 2.75) is 38.9 Å². The highest BCUT2D eigenvalue weighted by Gasteiger charge is 2.31. The first kappa shape index (κ1) is 16.3. The number of amides is 2. The molecular formula is C17H21ClN2O3. The Morgan fingerprint density at radius 1 is 1.26 bits per heavy atom. The van der Waals surface area contributed by atoms with E-state index in [-0.39, 0.29) is 24.0 Å². The molecule has 23 heavy (non-hydrogen) atoms. The molecule has 2 fully saturated rings. The number of benzene rings is 1. The Hall–Kier alpha value is -1.59. The highest BCUT2D eigenvalue weighted by molar-refractivity contribution is 6.31. The molecule has 0 saturated carbocycles. The fourth-order valence-electron chi connectivity index (χ4n) is 3.33. The first-order chi connectivity index (χ1) is 11.0. The summed E-state index contributed by atoms with van der Waals surface area (Å²) in [7, 11) is 0. The second-order valence-corrected chi connectivity index (χ2v) is 6.71. The predicted molar refractivity (Wildman–Crippen MR) is 89.0 cm³/mol. The Kier molecular flexibility index (Phi) is 4.60. The molecule has 0 bridgehead atoms. The maximum Gasteiger partial charge on any atom is 0.256 e.